The van der Waals surface area contributed by atoms with Crippen molar-refractivity contribution in [2.24, 2.45) is 17.6 Å². The van der Waals surface area contributed by atoms with Gasteiger partial charge in [0.25, 0.3) is 5.69 Å². The van der Waals surface area contributed by atoms with Crippen LogP contribution in [0, 0.1) is 22.0 Å². The first-order chi connectivity index (χ1) is 14.2. The second-order valence-corrected chi connectivity index (χ2v) is 9.26. The Morgan fingerprint density at radius 1 is 1.23 bits per heavy atom. The van der Waals surface area contributed by atoms with Gasteiger partial charge in [0.15, 0.2) is 0 Å². The largest absolute Gasteiger partial charge is 0.369 e. The van der Waals surface area contributed by atoms with E-state index in [9.17, 15) is 19.7 Å². The van der Waals surface area contributed by atoms with Crippen LogP contribution < -0.4 is 15.8 Å². The van der Waals surface area contributed by atoms with E-state index in [1.807, 2.05) is 0 Å². The molecule has 0 heterocycles. The molecule has 0 aromatic heterocycles. The number of amides is 2. The molecule has 0 spiro atoms. The molecular formula is C21H32N4O4S. The van der Waals surface area contributed by atoms with Gasteiger partial charge in [-0.15, -0.1) is 0 Å². The number of carbonyl (C=O) groups is 2. The number of hydrogen-bond acceptors (Lipinski definition) is 6. The van der Waals surface area contributed by atoms with Crippen molar-refractivity contribution in [3.05, 3.63) is 34.4 Å². The van der Waals surface area contributed by atoms with Gasteiger partial charge < -0.3 is 11.1 Å². The van der Waals surface area contributed by atoms with Crippen LogP contribution in [0.25, 0.3) is 0 Å². The monoisotopic (exact) mass is 436 g/mol. The molecule has 30 heavy (non-hydrogen) atoms. The molecule has 2 aliphatic rings. The Morgan fingerprint density at radius 2 is 1.87 bits per heavy atom. The summed E-state index contributed by atoms with van der Waals surface area (Å²) in [6.07, 6.45) is 5.91. The molecule has 2 atom stereocenters. The fourth-order valence-corrected chi connectivity index (χ4v) is 4.42. The Bertz CT molecular complexity index is 767. The van der Waals surface area contributed by atoms with Crippen LogP contribution in [0.2, 0.25) is 0 Å². The first-order valence-corrected chi connectivity index (χ1v) is 11.3. The molecule has 0 bridgehead atoms. The number of nitrogens with two attached hydrogens (primary N) is 1. The number of nitrogens with one attached hydrogen (secondary N) is 2. The molecule has 3 rings (SSSR count). The zero-order valence-electron chi connectivity index (χ0n) is 17.8. The molecule has 0 aliphatic heterocycles. The van der Waals surface area contributed by atoms with Gasteiger partial charge >= 0.3 is 0 Å². The molecule has 2 aliphatic carbocycles. The number of nitrogens with zero attached hydrogens (tertiary/aromatic N) is 1. The summed E-state index contributed by atoms with van der Waals surface area (Å²) in [7, 11) is 0. The third-order valence-corrected chi connectivity index (χ3v) is 6.87. The third-order valence-electron chi connectivity index (χ3n) is 5.81. The van der Waals surface area contributed by atoms with Crippen molar-refractivity contribution in [1.82, 2.24) is 10.0 Å². The van der Waals surface area contributed by atoms with Crippen molar-refractivity contribution in [3.63, 3.8) is 0 Å². The lowest BCUT2D eigenvalue weighted by Gasteiger charge is -2.41. The Balaban J connectivity index is 0.000000469. The summed E-state index contributed by atoms with van der Waals surface area (Å²) in [5.41, 5.74) is 4.26. The molecule has 0 radical (unpaired) electrons. The minimum atomic E-state index is -0.601. The standard InChI is InChI=1S/C17H23N3O3S.C4H9NO/c1-12-6-4-7-13(12)18-16(21)17(10-5-11-17)19-24-15-9-3-2-8-14(15)20(22)23;1-3(2)4(5)6/h2-3,8-9,12-13,19H,4-7,10-11H2,1H3,(H,18,21);3H,1-2H3,(H2,5,6). The van der Waals surface area contributed by atoms with E-state index in [2.05, 4.69) is 17.0 Å². The Labute approximate surface area is 182 Å². The van der Waals surface area contributed by atoms with Gasteiger partial charge in [0.1, 0.15) is 10.4 Å². The second-order valence-electron chi connectivity index (χ2n) is 8.41. The van der Waals surface area contributed by atoms with Crippen LogP contribution in [0.15, 0.2) is 29.2 Å². The van der Waals surface area contributed by atoms with Crippen LogP contribution in [-0.4, -0.2) is 28.3 Å². The van der Waals surface area contributed by atoms with Crippen molar-refractivity contribution >= 4 is 29.4 Å². The molecule has 0 saturated heterocycles. The molecule has 2 unspecified atom stereocenters. The van der Waals surface area contributed by atoms with E-state index in [1.54, 1.807) is 32.0 Å². The van der Waals surface area contributed by atoms with Gasteiger partial charge in [-0.2, -0.15) is 0 Å². The van der Waals surface area contributed by atoms with E-state index < -0.39 is 10.5 Å². The number of nitro benzene ring substituents is 1. The molecule has 2 saturated carbocycles. The summed E-state index contributed by atoms with van der Waals surface area (Å²) < 4.78 is 3.23. The minimum Gasteiger partial charge on any atom is -0.369 e. The maximum Gasteiger partial charge on any atom is 0.284 e. The van der Waals surface area contributed by atoms with Gasteiger partial charge in [-0.3, -0.25) is 19.7 Å². The molecule has 8 nitrogen and oxygen atoms in total. The van der Waals surface area contributed by atoms with Crippen LogP contribution in [0.5, 0.6) is 0 Å². The number of nitro groups is 1. The fourth-order valence-electron chi connectivity index (χ4n) is 3.42. The number of para-hydroxylation sites is 1. The van der Waals surface area contributed by atoms with E-state index in [0.29, 0.717) is 10.8 Å². The molecule has 166 valence electrons. The first-order valence-electron chi connectivity index (χ1n) is 10.4. The zero-order valence-corrected chi connectivity index (χ0v) is 18.7. The smallest absolute Gasteiger partial charge is 0.284 e. The summed E-state index contributed by atoms with van der Waals surface area (Å²) >= 11 is 1.19. The van der Waals surface area contributed by atoms with Crippen LogP contribution in [0.4, 0.5) is 5.69 Å². The number of carbonyl (C=O) groups excluding carboxylic acids is 2. The maximum absolute atomic E-state index is 12.8. The fraction of sp³-hybridized carbons (Fsp3) is 0.619. The average Bonchev–Trinajstić information content (AvgIpc) is 3.06. The van der Waals surface area contributed by atoms with Gasteiger partial charge in [-0.05, 0) is 56.0 Å². The quantitative estimate of drug-likeness (QED) is 0.341. The number of rotatable bonds is 7. The molecule has 9 heteroatoms. The second kappa shape index (κ2) is 10.8. The highest BCUT2D eigenvalue weighted by molar-refractivity contribution is 7.97. The normalized spacial score (nSPS) is 21.9. The summed E-state index contributed by atoms with van der Waals surface area (Å²) in [6, 6.07) is 6.87. The van der Waals surface area contributed by atoms with Crippen LogP contribution >= 0.6 is 11.9 Å². The van der Waals surface area contributed by atoms with Crippen LogP contribution in [-0.2, 0) is 9.59 Å². The van der Waals surface area contributed by atoms with Crippen LogP contribution in [0.3, 0.4) is 0 Å². The Morgan fingerprint density at radius 3 is 2.33 bits per heavy atom. The SMILES string of the molecule is CC(C)C(N)=O.CC1CCCC1NC(=O)C1(NSc2ccccc2[N+](=O)[O-])CCC1. The minimum absolute atomic E-state index is 0.00926. The topological polar surface area (TPSA) is 127 Å². The highest BCUT2D eigenvalue weighted by Crippen LogP contribution is 2.38. The highest BCUT2D eigenvalue weighted by Gasteiger charge is 2.45. The summed E-state index contributed by atoms with van der Waals surface area (Å²) in [5.74, 6) is 0.313. The van der Waals surface area contributed by atoms with Gasteiger partial charge in [-0.1, -0.05) is 39.3 Å². The number of primary amides is 1. The third kappa shape index (κ3) is 6.18. The molecule has 2 fully saturated rings. The predicted molar refractivity (Wildman–Crippen MR) is 118 cm³/mol. The molecule has 1 aromatic rings. The van der Waals surface area contributed by atoms with Gasteiger partial charge in [0.05, 0.1) is 4.92 Å². The van der Waals surface area contributed by atoms with Crippen LogP contribution in [0.1, 0.15) is 59.3 Å². The maximum atomic E-state index is 12.8. The average molecular weight is 437 g/mol. The molecular weight excluding hydrogens is 404 g/mol. The first kappa shape index (κ1) is 24.1. The zero-order chi connectivity index (χ0) is 22.3. The predicted octanol–water partition coefficient (Wildman–Crippen LogP) is 3.55. The van der Waals surface area contributed by atoms with E-state index in [-0.39, 0.29) is 29.5 Å². The van der Waals surface area contributed by atoms with Gasteiger partial charge in [0, 0.05) is 18.0 Å². The Hall–Kier alpha value is -2.13. The van der Waals surface area contributed by atoms with Gasteiger partial charge in [-0.25, -0.2) is 4.72 Å². The number of benzene rings is 1. The van der Waals surface area contributed by atoms with Crippen molar-refractivity contribution in [2.45, 2.75) is 75.8 Å². The lowest BCUT2D eigenvalue weighted by atomic mass is 9.76. The molecule has 1 aromatic carbocycles. The summed E-state index contributed by atoms with van der Waals surface area (Å²) in [4.78, 5) is 34.0. The summed E-state index contributed by atoms with van der Waals surface area (Å²) in [6.45, 7) is 5.71. The van der Waals surface area contributed by atoms with Crippen molar-refractivity contribution in [2.75, 3.05) is 0 Å². The molecule has 4 N–H and O–H groups in total. The highest BCUT2D eigenvalue weighted by atomic mass is 32.2. The lowest BCUT2D eigenvalue weighted by molar-refractivity contribution is -0.387. The van der Waals surface area contributed by atoms with Crippen molar-refractivity contribution in [1.29, 1.82) is 0 Å². The van der Waals surface area contributed by atoms with Gasteiger partial charge in [0.2, 0.25) is 11.8 Å². The number of hydrogen-bond donors (Lipinski definition) is 3. The van der Waals surface area contributed by atoms with Crippen molar-refractivity contribution in [3.8, 4) is 0 Å². The van der Waals surface area contributed by atoms with E-state index >= 15 is 0 Å². The van der Waals surface area contributed by atoms with Crippen molar-refractivity contribution < 1.29 is 14.5 Å². The Kier molecular flexibility index (Phi) is 8.66. The van der Waals surface area contributed by atoms with E-state index in [4.69, 9.17) is 5.73 Å². The van der Waals surface area contributed by atoms with E-state index in [1.165, 1.54) is 18.0 Å². The van der Waals surface area contributed by atoms with E-state index in [0.717, 1.165) is 38.5 Å². The lowest BCUT2D eigenvalue weighted by Crippen LogP contribution is -2.61. The molecule has 2 amide bonds. The summed E-state index contributed by atoms with van der Waals surface area (Å²) in [5, 5.41) is 14.3.